The Hall–Kier alpha value is -2.62. The molecule has 1 amide bonds. The second-order valence-corrected chi connectivity index (χ2v) is 4.79. The quantitative estimate of drug-likeness (QED) is 0.801. The predicted octanol–water partition coefficient (Wildman–Crippen LogP) is 2.99. The Morgan fingerprint density at radius 2 is 1.90 bits per heavy atom. The van der Waals surface area contributed by atoms with Gasteiger partial charge in [0, 0.05) is 5.56 Å². The van der Waals surface area contributed by atoms with Gasteiger partial charge in [-0.2, -0.15) is 0 Å². The molecule has 4 heteroatoms. The summed E-state index contributed by atoms with van der Waals surface area (Å²) in [5.74, 6) is -1.41. The third-order valence-electron chi connectivity index (χ3n) is 3.27. The number of amides is 1. The van der Waals surface area contributed by atoms with Gasteiger partial charge in [-0.25, -0.2) is 4.79 Å². The van der Waals surface area contributed by atoms with Crippen LogP contribution in [0.25, 0.3) is 10.8 Å². The molecule has 0 saturated heterocycles. The lowest BCUT2D eigenvalue weighted by Gasteiger charge is -2.13. The van der Waals surface area contributed by atoms with E-state index in [-0.39, 0.29) is 5.91 Å². The second-order valence-electron chi connectivity index (χ2n) is 4.79. The highest BCUT2D eigenvalue weighted by molar-refractivity contribution is 6.00. The molecule has 1 atom stereocenters. The van der Waals surface area contributed by atoms with Gasteiger partial charge in [0.2, 0.25) is 0 Å². The molecule has 0 saturated carbocycles. The minimum atomic E-state index is -1.04. The van der Waals surface area contributed by atoms with Crippen LogP contribution < -0.4 is 5.32 Å². The molecule has 0 aliphatic carbocycles. The Morgan fingerprint density at radius 1 is 1.19 bits per heavy atom. The van der Waals surface area contributed by atoms with E-state index in [1.165, 1.54) is 0 Å². The van der Waals surface area contributed by atoms with Gasteiger partial charge in [0.1, 0.15) is 6.04 Å². The zero-order chi connectivity index (χ0) is 15.2. The zero-order valence-electron chi connectivity index (χ0n) is 11.6. The van der Waals surface area contributed by atoms with Crippen LogP contribution >= 0.6 is 0 Å². The number of carbonyl (C=O) groups excluding carboxylic acids is 1. The maximum Gasteiger partial charge on any atom is 0.326 e. The lowest BCUT2D eigenvalue weighted by molar-refractivity contribution is -0.139. The molecule has 0 bridgehead atoms. The largest absolute Gasteiger partial charge is 0.480 e. The first-order valence-corrected chi connectivity index (χ1v) is 6.75. The van der Waals surface area contributed by atoms with E-state index in [1.54, 1.807) is 18.2 Å². The highest BCUT2D eigenvalue weighted by Gasteiger charge is 2.19. The molecule has 2 rings (SSSR count). The van der Waals surface area contributed by atoms with Crippen LogP contribution in [-0.2, 0) is 4.79 Å². The average Bonchev–Trinajstić information content (AvgIpc) is 2.50. The molecular formula is C17H17NO3. The van der Waals surface area contributed by atoms with Gasteiger partial charge < -0.3 is 10.4 Å². The number of hydrogen-bond acceptors (Lipinski definition) is 2. The van der Waals surface area contributed by atoms with Crippen LogP contribution in [0, 0.1) is 0 Å². The lowest BCUT2D eigenvalue weighted by atomic mass is 10.1. The fourth-order valence-corrected chi connectivity index (χ4v) is 2.11. The maximum absolute atomic E-state index is 12.2. The number of rotatable bonds is 6. The van der Waals surface area contributed by atoms with Crippen molar-refractivity contribution in [1.82, 2.24) is 5.32 Å². The van der Waals surface area contributed by atoms with Gasteiger partial charge >= 0.3 is 5.97 Å². The number of carbonyl (C=O) groups is 2. The topological polar surface area (TPSA) is 66.4 Å². The maximum atomic E-state index is 12.2. The number of nitrogens with one attached hydrogen (secondary N) is 1. The zero-order valence-corrected chi connectivity index (χ0v) is 11.6. The van der Waals surface area contributed by atoms with E-state index >= 15 is 0 Å². The molecule has 0 aromatic heterocycles. The van der Waals surface area contributed by atoms with E-state index < -0.39 is 12.0 Å². The van der Waals surface area contributed by atoms with E-state index in [9.17, 15) is 9.59 Å². The van der Waals surface area contributed by atoms with Gasteiger partial charge in [0.15, 0.2) is 0 Å². The van der Waals surface area contributed by atoms with Crippen molar-refractivity contribution in [3.05, 3.63) is 60.7 Å². The fraction of sp³-hybridized carbons (Fsp3) is 0.176. The summed E-state index contributed by atoms with van der Waals surface area (Å²) in [5.41, 5.74) is 0.457. The van der Waals surface area contributed by atoms with Crippen molar-refractivity contribution in [3.63, 3.8) is 0 Å². The van der Waals surface area contributed by atoms with Crippen LogP contribution in [0.3, 0.4) is 0 Å². The Bertz CT molecular complexity index is 679. The monoisotopic (exact) mass is 283 g/mol. The smallest absolute Gasteiger partial charge is 0.326 e. The van der Waals surface area contributed by atoms with E-state index in [0.717, 1.165) is 10.8 Å². The molecule has 0 heterocycles. The van der Waals surface area contributed by atoms with Crippen LogP contribution in [-0.4, -0.2) is 23.0 Å². The third kappa shape index (κ3) is 3.69. The highest BCUT2D eigenvalue weighted by Crippen LogP contribution is 2.15. The van der Waals surface area contributed by atoms with Crippen molar-refractivity contribution in [2.75, 3.05) is 0 Å². The minimum Gasteiger partial charge on any atom is -0.480 e. The standard InChI is InChI=1S/C17H17NO3/c1-2-3-8-15(17(20)21)18-16(19)14-10-9-12-6-4-5-7-13(12)11-14/h2,4-7,9-11,15H,1,3,8H2,(H,18,19)(H,20,21)/t15-/m1/s1. The summed E-state index contributed by atoms with van der Waals surface area (Å²) in [7, 11) is 0. The third-order valence-corrected chi connectivity index (χ3v) is 3.27. The molecule has 0 radical (unpaired) electrons. The van der Waals surface area contributed by atoms with Crippen LogP contribution in [0.15, 0.2) is 55.1 Å². The van der Waals surface area contributed by atoms with Crippen LogP contribution in [0.2, 0.25) is 0 Å². The van der Waals surface area contributed by atoms with Crippen molar-refractivity contribution >= 4 is 22.6 Å². The molecule has 0 aliphatic heterocycles. The van der Waals surface area contributed by atoms with Crippen molar-refractivity contribution in [2.45, 2.75) is 18.9 Å². The first-order chi connectivity index (χ1) is 10.1. The number of fused-ring (bicyclic) bond motifs is 1. The van der Waals surface area contributed by atoms with Crippen LogP contribution in [0.1, 0.15) is 23.2 Å². The molecule has 0 aliphatic rings. The van der Waals surface area contributed by atoms with Gasteiger partial charge in [0.05, 0.1) is 0 Å². The number of carboxylic acid groups (broad SMARTS) is 1. The predicted molar refractivity (Wildman–Crippen MR) is 82.3 cm³/mol. The summed E-state index contributed by atoms with van der Waals surface area (Å²) in [4.78, 5) is 23.3. The molecule has 0 spiro atoms. The molecule has 2 N–H and O–H groups in total. The Balaban J connectivity index is 2.16. The molecule has 21 heavy (non-hydrogen) atoms. The molecule has 4 nitrogen and oxygen atoms in total. The average molecular weight is 283 g/mol. The summed E-state index contributed by atoms with van der Waals surface area (Å²) in [6, 6.07) is 12.1. The first-order valence-electron chi connectivity index (χ1n) is 6.75. The Kier molecular flexibility index (Phi) is 4.72. The van der Waals surface area contributed by atoms with E-state index in [0.29, 0.717) is 18.4 Å². The van der Waals surface area contributed by atoms with E-state index in [1.807, 2.05) is 30.3 Å². The van der Waals surface area contributed by atoms with Gasteiger partial charge in [-0.15, -0.1) is 6.58 Å². The molecule has 0 unspecified atom stereocenters. The van der Waals surface area contributed by atoms with E-state index in [2.05, 4.69) is 11.9 Å². The molecule has 2 aromatic carbocycles. The molecule has 0 fully saturated rings. The number of hydrogen-bond donors (Lipinski definition) is 2. The van der Waals surface area contributed by atoms with E-state index in [4.69, 9.17) is 5.11 Å². The molecule has 108 valence electrons. The van der Waals surface area contributed by atoms with Gasteiger partial charge in [-0.1, -0.05) is 36.4 Å². The van der Waals surface area contributed by atoms with Gasteiger partial charge in [-0.3, -0.25) is 4.79 Å². The van der Waals surface area contributed by atoms with Gasteiger partial charge in [0.25, 0.3) is 5.91 Å². The number of allylic oxidation sites excluding steroid dienone is 1. The first kappa shape index (κ1) is 14.8. The summed E-state index contributed by atoms with van der Waals surface area (Å²) in [5, 5.41) is 13.6. The van der Waals surface area contributed by atoms with Crippen LogP contribution in [0.4, 0.5) is 0 Å². The Morgan fingerprint density at radius 3 is 2.57 bits per heavy atom. The summed E-state index contributed by atoms with van der Waals surface area (Å²) >= 11 is 0. The number of aliphatic carboxylic acids is 1. The van der Waals surface area contributed by atoms with Crippen molar-refractivity contribution in [3.8, 4) is 0 Å². The van der Waals surface area contributed by atoms with Gasteiger partial charge in [-0.05, 0) is 35.7 Å². The van der Waals surface area contributed by atoms with Crippen molar-refractivity contribution in [2.24, 2.45) is 0 Å². The highest BCUT2D eigenvalue weighted by atomic mass is 16.4. The summed E-state index contributed by atoms with van der Waals surface area (Å²) in [6.07, 6.45) is 2.51. The SMILES string of the molecule is C=CCC[C@@H](NC(=O)c1ccc2ccccc2c1)C(=O)O. The summed E-state index contributed by atoms with van der Waals surface area (Å²) < 4.78 is 0. The molecule has 2 aromatic rings. The number of carboxylic acids is 1. The summed E-state index contributed by atoms with van der Waals surface area (Å²) in [6.45, 7) is 3.56. The van der Waals surface area contributed by atoms with Crippen molar-refractivity contribution in [1.29, 1.82) is 0 Å². The lowest BCUT2D eigenvalue weighted by Crippen LogP contribution is -2.40. The fourth-order valence-electron chi connectivity index (χ4n) is 2.11. The Labute approximate surface area is 123 Å². The second kappa shape index (κ2) is 6.70. The minimum absolute atomic E-state index is 0.332. The number of benzene rings is 2. The van der Waals surface area contributed by atoms with Crippen LogP contribution in [0.5, 0.6) is 0 Å². The molecular weight excluding hydrogens is 266 g/mol. The normalized spacial score (nSPS) is 11.8. The van der Waals surface area contributed by atoms with Crippen molar-refractivity contribution < 1.29 is 14.7 Å².